The van der Waals surface area contributed by atoms with Gasteiger partial charge in [-0.05, 0) is 31.2 Å². The summed E-state index contributed by atoms with van der Waals surface area (Å²) in [7, 11) is 3.47. The maximum atomic E-state index is 11.3. The number of nitro groups is 1. The fourth-order valence-corrected chi connectivity index (χ4v) is 2.61. The SMILES string of the molecule is CSSCCCCOC(=O)Oc1ccc([N+](=O)[O-])cc1. The lowest BCUT2D eigenvalue weighted by Crippen LogP contribution is -2.11. The van der Waals surface area contributed by atoms with Crippen LogP contribution in [0.2, 0.25) is 0 Å². The second-order valence-electron chi connectivity index (χ2n) is 3.65. The van der Waals surface area contributed by atoms with E-state index >= 15 is 0 Å². The van der Waals surface area contributed by atoms with Gasteiger partial charge in [0.1, 0.15) is 5.75 Å². The number of unbranched alkanes of at least 4 members (excludes halogenated alkanes) is 1. The lowest BCUT2D eigenvalue weighted by atomic mass is 10.3. The van der Waals surface area contributed by atoms with E-state index in [1.54, 1.807) is 21.6 Å². The average molecular weight is 317 g/mol. The van der Waals surface area contributed by atoms with Crippen LogP contribution in [0.15, 0.2) is 24.3 Å². The number of ether oxygens (including phenoxy) is 2. The summed E-state index contributed by atoms with van der Waals surface area (Å²) in [6.45, 7) is 0.306. The van der Waals surface area contributed by atoms with E-state index in [9.17, 15) is 14.9 Å². The first kappa shape index (κ1) is 16.6. The molecular formula is C12H15NO5S2. The molecule has 0 unspecified atom stereocenters. The third-order valence-corrected chi connectivity index (χ3v) is 4.11. The first-order valence-corrected chi connectivity index (χ1v) is 8.61. The summed E-state index contributed by atoms with van der Waals surface area (Å²) in [5, 5.41) is 10.5. The van der Waals surface area contributed by atoms with E-state index in [4.69, 9.17) is 9.47 Å². The van der Waals surface area contributed by atoms with Crippen LogP contribution >= 0.6 is 21.6 Å². The zero-order valence-electron chi connectivity index (χ0n) is 10.9. The largest absolute Gasteiger partial charge is 0.513 e. The van der Waals surface area contributed by atoms with Crippen molar-refractivity contribution in [2.24, 2.45) is 0 Å². The van der Waals surface area contributed by atoms with Crippen molar-refractivity contribution in [3.05, 3.63) is 34.4 Å². The molecule has 6 nitrogen and oxygen atoms in total. The molecule has 0 spiro atoms. The highest BCUT2D eigenvalue weighted by Crippen LogP contribution is 2.19. The van der Waals surface area contributed by atoms with E-state index in [2.05, 4.69) is 0 Å². The Kier molecular flexibility index (Phi) is 7.89. The van der Waals surface area contributed by atoms with Gasteiger partial charge < -0.3 is 9.47 Å². The Morgan fingerprint density at radius 2 is 2.00 bits per heavy atom. The van der Waals surface area contributed by atoms with E-state index in [1.807, 2.05) is 6.26 Å². The van der Waals surface area contributed by atoms with Crippen LogP contribution in [0.4, 0.5) is 10.5 Å². The predicted molar refractivity (Wildman–Crippen MR) is 80.3 cm³/mol. The molecule has 1 rings (SSSR count). The monoisotopic (exact) mass is 317 g/mol. The van der Waals surface area contributed by atoms with Gasteiger partial charge in [0.05, 0.1) is 11.5 Å². The molecule has 0 aliphatic rings. The predicted octanol–water partition coefficient (Wildman–Crippen LogP) is 3.90. The molecule has 0 saturated heterocycles. The van der Waals surface area contributed by atoms with Gasteiger partial charge in [0.25, 0.3) is 5.69 Å². The number of non-ortho nitro benzene ring substituents is 1. The summed E-state index contributed by atoms with van der Waals surface area (Å²) in [4.78, 5) is 21.3. The minimum atomic E-state index is -0.795. The summed E-state index contributed by atoms with van der Waals surface area (Å²) in [5.74, 6) is 1.24. The minimum Gasteiger partial charge on any atom is -0.434 e. The number of hydrogen-bond donors (Lipinski definition) is 0. The van der Waals surface area contributed by atoms with Crippen molar-refractivity contribution in [1.29, 1.82) is 0 Å². The van der Waals surface area contributed by atoms with Gasteiger partial charge in [0.15, 0.2) is 0 Å². The Labute approximate surface area is 124 Å². The lowest BCUT2D eigenvalue weighted by molar-refractivity contribution is -0.384. The van der Waals surface area contributed by atoms with Gasteiger partial charge in [-0.1, -0.05) is 21.6 Å². The highest BCUT2D eigenvalue weighted by atomic mass is 33.1. The van der Waals surface area contributed by atoms with Crippen molar-refractivity contribution in [2.45, 2.75) is 12.8 Å². The number of nitrogens with zero attached hydrogens (tertiary/aromatic N) is 1. The van der Waals surface area contributed by atoms with Crippen molar-refractivity contribution in [1.82, 2.24) is 0 Å². The molecule has 0 amide bonds. The third-order valence-electron chi connectivity index (χ3n) is 2.21. The zero-order chi connectivity index (χ0) is 14.8. The Morgan fingerprint density at radius 3 is 2.60 bits per heavy atom. The Morgan fingerprint density at radius 1 is 1.30 bits per heavy atom. The molecular weight excluding hydrogens is 302 g/mol. The fraction of sp³-hybridized carbons (Fsp3) is 0.417. The van der Waals surface area contributed by atoms with E-state index in [1.165, 1.54) is 24.3 Å². The van der Waals surface area contributed by atoms with E-state index in [-0.39, 0.29) is 11.4 Å². The van der Waals surface area contributed by atoms with Crippen LogP contribution in [0.3, 0.4) is 0 Å². The Bertz CT molecular complexity index is 438. The maximum absolute atomic E-state index is 11.3. The fourth-order valence-electron chi connectivity index (χ4n) is 1.26. The van der Waals surface area contributed by atoms with Crippen molar-refractivity contribution < 1.29 is 19.2 Å². The third kappa shape index (κ3) is 6.67. The van der Waals surface area contributed by atoms with Gasteiger partial charge in [-0.2, -0.15) is 0 Å². The zero-order valence-corrected chi connectivity index (χ0v) is 12.6. The molecule has 0 atom stereocenters. The van der Waals surface area contributed by atoms with E-state index in [0.717, 1.165) is 18.6 Å². The van der Waals surface area contributed by atoms with Crippen LogP contribution in [0, 0.1) is 10.1 Å². The highest BCUT2D eigenvalue weighted by Gasteiger charge is 2.08. The lowest BCUT2D eigenvalue weighted by Gasteiger charge is -2.05. The van der Waals surface area contributed by atoms with Gasteiger partial charge in [0.2, 0.25) is 0 Å². The van der Waals surface area contributed by atoms with Crippen molar-refractivity contribution in [2.75, 3.05) is 18.6 Å². The molecule has 110 valence electrons. The van der Waals surface area contributed by atoms with Crippen molar-refractivity contribution in [3.8, 4) is 5.75 Å². The molecule has 0 heterocycles. The second-order valence-corrected chi connectivity index (χ2v) is 6.33. The van der Waals surface area contributed by atoms with Crippen molar-refractivity contribution in [3.63, 3.8) is 0 Å². The van der Waals surface area contributed by atoms with Gasteiger partial charge in [-0.25, -0.2) is 4.79 Å². The number of benzene rings is 1. The normalized spacial score (nSPS) is 10.1. The van der Waals surface area contributed by atoms with Crippen LogP contribution in [-0.4, -0.2) is 29.7 Å². The number of nitro benzene ring substituents is 1. The average Bonchev–Trinajstić information content (AvgIpc) is 2.43. The summed E-state index contributed by atoms with van der Waals surface area (Å²) in [6.07, 6.45) is 2.97. The maximum Gasteiger partial charge on any atom is 0.513 e. The first-order valence-electron chi connectivity index (χ1n) is 5.88. The van der Waals surface area contributed by atoms with Gasteiger partial charge in [0, 0.05) is 17.9 Å². The highest BCUT2D eigenvalue weighted by molar-refractivity contribution is 8.76. The summed E-state index contributed by atoms with van der Waals surface area (Å²) < 4.78 is 9.78. The first-order chi connectivity index (χ1) is 9.63. The summed E-state index contributed by atoms with van der Waals surface area (Å²) >= 11 is 0. The molecule has 8 heteroatoms. The number of carbonyl (C=O) groups is 1. The summed E-state index contributed by atoms with van der Waals surface area (Å²) in [5.41, 5.74) is -0.0583. The molecule has 0 aliphatic heterocycles. The minimum absolute atomic E-state index is 0.0583. The summed E-state index contributed by atoms with van der Waals surface area (Å²) in [6, 6.07) is 5.24. The number of rotatable bonds is 8. The Hall–Kier alpha value is -1.41. The van der Waals surface area contributed by atoms with Crippen LogP contribution in [0.25, 0.3) is 0 Å². The van der Waals surface area contributed by atoms with Crippen molar-refractivity contribution >= 4 is 33.4 Å². The standard InChI is InChI=1S/C12H15NO5S2/c1-19-20-9-3-2-8-17-12(14)18-11-6-4-10(5-7-11)13(15)16/h4-7H,2-3,8-9H2,1H3. The molecule has 0 fully saturated rings. The molecule has 0 bridgehead atoms. The van der Waals surface area contributed by atoms with Gasteiger partial charge in [-0.15, -0.1) is 0 Å². The molecule has 0 aliphatic carbocycles. The van der Waals surface area contributed by atoms with Crippen LogP contribution in [0.1, 0.15) is 12.8 Å². The molecule has 20 heavy (non-hydrogen) atoms. The van der Waals surface area contributed by atoms with E-state index < -0.39 is 11.1 Å². The Balaban J connectivity index is 2.23. The molecule has 0 N–H and O–H groups in total. The molecule has 0 aromatic heterocycles. The molecule has 1 aromatic carbocycles. The topological polar surface area (TPSA) is 78.7 Å². The van der Waals surface area contributed by atoms with E-state index in [0.29, 0.717) is 6.61 Å². The quantitative estimate of drug-likeness (QED) is 0.180. The van der Waals surface area contributed by atoms with Crippen LogP contribution < -0.4 is 4.74 Å². The molecule has 1 aromatic rings. The van der Waals surface area contributed by atoms with Gasteiger partial charge in [-0.3, -0.25) is 10.1 Å². The number of hydrogen-bond acceptors (Lipinski definition) is 7. The smallest absolute Gasteiger partial charge is 0.434 e. The number of carbonyl (C=O) groups excluding carboxylic acids is 1. The van der Waals surface area contributed by atoms with Crippen LogP contribution in [0.5, 0.6) is 5.75 Å². The molecule has 0 saturated carbocycles. The second kappa shape index (κ2) is 9.49. The van der Waals surface area contributed by atoms with Crippen LogP contribution in [-0.2, 0) is 4.74 Å². The molecule has 0 radical (unpaired) electrons. The van der Waals surface area contributed by atoms with Gasteiger partial charge >= 0.3 is 6.16 Å².